The van der Waals surface area contributed by atoms with Gasteiger partial charge in [0, 0.05) is 21.5 Å². The third kappa shape index (κ3) is 3.08. The molecule has 0 amide bonds. The van der Waals surface area contributed by atoms with Crippen molar-refractivity contribution in [2.24, 2.45) is 0 Å². The summed E-state index contributed by atoms with van der Waals surface area (Å²) in [6.07, 6.45) is 0. The molecule has 0 N–H and O–H groups in total. The molecular weight excluding hydrogens is 434 g/mol. The molecule has 34 heavy (non-hydrogen) atoms. The lowest BCUT2D eigenvalue weighted by Crippen LogP contribution is -1.96. The standard InChI is InChI=1S/C32H26ClN/c1-19-15-21(3)31(22(4)16-19)27-18-30-32(25-10-6-5-9-24(25)27)26-11-7-8-12-29(26)34(30)23-14-13-20(2)28(33)17-23/h5-18H,1-4H3. The Hall–Kier alpha value is -3.55. The normalized spacial score (nSPS) is 11.7. The molecule has 0 atom stereocenters. The van der Waals surface area contributed by atoms with Crippen LogP contribution in [0.3, 0.4) is 0 Å². The second kappa shape index (κ2) is 7.75. The SMILES string of the molecule is Cc1cc(C)c(-c2cc3c(c4ccccc24)c2ccccc2n3-c2ccc(C)c(Cl)c2)c(C)c1. The fourth-order valence-electron chi connectivity index (χ4n) is 5.64. The van der Waals surface area contributed by atoms with E-state index in [1.807, 2.05) is 6.92 Å². The molecule has 0 aliphatic carbocycles. The Labute approximate surface area is 205 Å². The number of halogens is 1. The van der Waals surface area contributed by atoms with E-state index in [9.17, 15) is 0 Å². The monoisotopic (exact) mass is 459 g/mol. The number of aromatic nitrogens is 1. The van der Waals surface area contributed by atoms with Crippen molar-refractivity contribution in [3.8, 4) is 16.8 Å². The first-order valence-corrected chi connectivity index (χ1v) is 12.1. The van der Waals surface area contributed by atoms with Crippen LogP contribution in [0.15, 0.2) is 84.9 Å². The summed E-state index contributed by atoms with van der Waals surface area (Å²) in [5.74, 6) is 0. The Morgan fingerprint density at radius 1 is 0.588 bits per heavy atom. The number of fused-ring (bicyclic) bond motifs is 5. The number of rotatable bonds is 2. The van der Waals surface area contributed by atoms with Gasteiger partial charge in [-0.15, -0.1) is 0 Å². The highest BCUT2D eigenvalue weighted by atomic mass is 35.5. The summed E-state index contributed by atoms with van der Waals surface area (Å²) in [5, 5.41) is 5.90. The Morgan fingerprint density at radius 3 is 1.94 bits per heavy atom. The molecule has 1 aromatic heterocycles. The van der Waals surface area contributed by atoms with Gasteiger partial charge < -0.3 is 4.57 Å². The molecule has 6 rings (SSSR count). The zero-order chi connectivity index (χ0) is 23.6. The maximum atomic E-state index is 6.60. The lowest BCUT2D eigenvalue weighted by atomic mass is 9.89. The highest BCUT2D eigenvalue weighted by molar-refractivity contribution is 6.31. The molecule has 1 heterocycles. The second-order valence-corrected chi connectivity index (χ2v) is 9.83. The van der Waals surface area contributed by atoms with Gasteiger partial charge >= 0.3 is 0 Å². The number of benzene rings is 5. The minimum absolute atomic E-state index is 0.787. The molecule has 0 radical (unpaired) electrons. The van der Waals surface area contributed by atoms with Gasteiger partial charge in [0.25, 0.3) is 0 Å². The summed E-state index contributed by atoms with van der Waals surface area (Å²) in [4.78, 5) is 0. The minimum atomic E-state index is 0.787. The molecule has 166 valence electrons. The Bertz CT molecular complexity index is 1730. The van der Waals surface area contributed by atoms with E-state index in [0.717, 1.165) is 16.3 Å². The summed E-state index contributed by atoms with van der Waals surface area (Å²) < 4.78 is 2.37. The van der Waals surface area contributed by atoms with Crippen LogP contribution in [0.2, 0.25) is 5.02 Å². The van der Waals surface area contributed by atoms with Gasteiger partial charge in [0.05, 0.1) is 11.0 Å². The first kappa shape index (κ1) is 21.0. The first-order chi connectivity index (χ1) is 16.4. The van der Waals surface area contributed by atoms with Crippen LogP contribution in [0.5, 0.6) is 0 Å². The summed E-state index contributed by atoms with van der Waals surface area (Å²) in [6, 6.07) is 30.8. The van der Waals surface area contributed by atoms with Crippen molar-refractivity contribution < 1.29 is 0 Å². The molecule has 0 aliphatic heterocycles. The van der Waals surface area contributed by atoms with E-state index in [2.05, 4.69) is 110 Å². The van der Waals surface area contributed by atoms with Crippen LogP contribution in [0.4, 0.5) is 0 Å². The number of hydrogen-bond acceptors (Lipinski definition) is 0. The summed E-state index contributed by atoms with van der Waals surface area (Å²) in [7, 11) is 0. The van der Waals surface area contributed by atoms with Crippen LogP contribution in [0, 0.1) is 27.7 Å². The van der Waals surface area contributed by atoms with E-state index in [1.165, 1.54) is 60.4 Å². The van der Waals surface area contributed by atoms with Crippen molar-refractivity contribution in [3.05, 3.63) is 112 Å². The van der Waals surface area contributed by atoms with Gasteiger partial charge in [0.1, 0.15) is 0 Å². The average Bonchev–Trinajstić information content (AvgIpc) is 3.14. The fraction of sp³-hybridized carbons (Fsp3) is 0.125. The average molecular weight is 460 g/mol. The quantitative estimate of drug-likeness (QED) is 0.243. The van der Waals surface area contributed by atoms with Crippen molar-refractivity contribution in [1.82, 2.24) is 4.57 Å². The Morgan fingerprint density at radius 2 is 1.24 bits per heavy atom. The van der Waals surface area contributed by atoms with Crippen LogP contribution in [0.1, 0.15) is 22.3 Å². The van der Waals surface area contributed by atoms with Gasteiger partial charge in [-0.1, -0.05) is 77.8 Å². The first-order valence-electron chi connectivity index (χ1n) is 11.7. The van der Waals surface area contributed by atoms with E-state index in [-0.39, 0.29) is 0 Å². The maximum Gasteiger partial charge on any atom is 0.0553 e. The molecule has 1 nitrogen and oxygen atoms in total. The maximum absolute atomic E-state index is 6.60. The summed E-state index contributed by atoms with van der Waals surface area (Å²) in [6.45, 7) is 8.67. The van der Waals surface area contributed by atoms with Crippen molar-refractivity contribution in [2.75, 3.05) is 0 Å². The van der Waals surface area contributed by atoms with Crippen LogP contribution >= 0.6 is 11.6 Å². The van der Waals surface area contributed by atoms with Crippen molar-refractivity contribution >= 4 is 44.2 Å². The Balaban J connectivity index is 1.84. The smallest absolute Gasteiger partial charge is 0.0553 e. The fourth-order valence-corrected chi connectivity index (χ4v) is 5.82. The predicted octanol–water partition coefficient (Wildman–Crippen LogP) is 9.49. The van der Waals surface area contributed by atoms with Crippen LogP contribution in [-0.4, -0.2) is 4.57 Å². The van der Waals surface area contributed by atoms with Gasteiger partial charge in [-0.2, -0.15) is 0 Å². The topological polar surface area (TPSA) is 4.93 Å². The number of aryl methyl sites for hydroxylation is 4. The third-order valence-corrected chi connectivity index (χ3v) is 7.45. The number of para-hydroxylation sites is 1. The largest absolute Gasteiger partial charge is 0.309 e. The third-order valence-electron chi connectivity index (χ3n) is 7.04. The predicted molar refractivity (Wildman–Crippen MR) is 148 cm³/mol. The van der Waals surface area contributed by atoms with Crippen LogP contribution in [0.25, 0.3) is 49.4 Å². The molecule has 0 spiro atoms. The highest BCUT2D eigenvalue weighted by Gasteiger charge is 2.19. The molecule has 0 unspecified atom stereocenters. The highest BCUT2D eigenvalue weighted by Crippen LogP contribution is 2.43. The van der Waals surface area contributed by atoms with Crippen LogP contribution < -0.4 is 0 Å². The number of nitrogens with zero attached hydrogens (tertiary/aromatic N) is 1. The van der Waals surface area contributed by atoms with Crippen molar-refractivity contribution in [1.29, 1.82) is 0 Å². The van der Waals surface area contributed by atoms with E-state index in [1.54, 1.807) is 0 Å². The molecule has 0 bridgehead atoms. The lowest BCUT2D eigenvalue weighted by molar-refractivity contribution is 1.18. The molecule has 5 aromatic carbocycles. The zero-order valence-corrected chi connectivity index (χ0v) is 20.7. The molecule has 0 fully saturated rings. The molecular formula is C32H26ClN. The van der Waals surface area contributed by atoms with Crippen molar-refractivity contribution in [3.63, 3.8) is 0 Å². The molecule has 0 saturated carbocycles. The zero-order valence-electron chi connectivity index (χ0n) is 19.9. The van der Waals surface area contributed by atoms with Crippen LogP contribution in [-0.2, 0) is 0 Å². The molecule has 0 aliphatic rings. The minimum Gasteiger partial charge on any atom is -0.309 e. The van der Waals surface area contributed by atoms with Gasteiger partial charge in [-0.3, -0.25) is 0 Å². The van der Waals surface area contributed by atoms with E-state index in [0.29, 0.717) is 0 Å². The second-order valence-electron chi connectivity index (χ2n) is 9.42. The summed E-state index contributed by atoms with van der Waals surface area (Å²) in [5.41, 5.74) is 11.1. The van der Waals surface area contributed by atoms with Gasteiger partial charge in [0.15, 0.2) is 0 Å². The molecule has 2 heteroatoms. The van der Waals surface area contributed by atoms with Gasteiger partial charge in [0.2, 0.25) is 0 Å². The lowest BCUT2D eigenvalue weighted by Gasteiger charge is -2.16. The van der Waals surface area contributed by atoms with E-state index < -0.39 is 0 Å². The van der Waals surface area contributed by atoms with Gasteiger partial charge in [-0.25, -0.2) is 0 Å². The molecule has 0 saturated heterocycles. The summed E-state index contributed by atoms with van der Waals surface area (Å²) >= 11 is 6.60. The van der Waals surface area contributed by atoms with Gasteiger partial charge in [-0.05, 0) is 90.6 Å². The van der Waals surface area contributed by atoms with Crippen molar-refractivity contribution in [2.45, 2.75) is 27.7 Å². The van der Waals surface area contributed by atoms with E-state index >= 15 is 0 Å². The Kier molecular flexibility index (Phi) is 4.79. The molecule has 6 aromatic rings. The number of hydrogen-bond donors (Lipinski definition) is 0. The van der Waals surface area contributed by atoms with E-state index in [4.69, 9.17) is 11.6 Å².